The van der Waals surface area contributed by atoms with Gasteiger partial charge in [0.15, 0.2) is 0 Å². The highest BCUT2D eigenvalue weighted by Gasteiger charge is 2.39. The maximum atomic E-state index is 12.4. The number of hydrogen-bond acceptors (Lipinski definition) is 4. The Kier molecular flexibility index (Phi) is 6.27. The molecule has 3 rings (SSSR count). The Morgan fingerprint density at radius 1 is 1.15 bits per heavy atom. The van der Waals surface area contributed by atoms with Crippen LogP contribution in [0.15, 0.2) is 30.3 Å². The van der Waals surface area contributed by atoms with Crippen LogP contribution in [0.1, 0.15) is 38.7 Å². The molecule has 6 nitrogen and oxygen atoms in total. The van der Waals surface area contributed by atoms with Crippen molar-refractivity contribution in [2.24, 2.45) is 5.92 Å². The van der Waals surface area contributed by atoms with Crippen molar-refractivity contribution in [1.82, 2.24) is 15.1 Å². The minimum absolute atomic E-state index is 0.0915. The van der Waals surface area contributed by atoms with Crippen LogP contribution in [0.2, 0.25) is 0 Å². The zero-order chi connectivity index (χ0) is 18.5. The van der Waals surface area contributed by atoms with E-state index in [4.69, 9.17) is 4.74 Å². The molecule has 26 heavy (non-hydrogen) atoms. The summed E-state index contributed by atoms with van der Waals surface area (Å²) in [7, 11) is 0. The highest BCUT2D eigenvalue weighted by atomic mass is 16.5. The first-order valence-electron chi connectivity index (χ1n) is 9.52. The summed E-state index contributed by atoms with van der Waals surface area (Å²) < 4.78 is 6.00. The van der Waals surface area contributed by atoms with Crippen LogP contribution >= 0.6 is 0 Å². The smallest absolute Gasteiger partial charge is 0.325 e. The predicted molar refractivity (Wildman–Crippen MR) is 99.3 cm³/mol. The number of nitrogens with one attached hydrogen (secondary N) is 1. The van der Waals surface area contributed by atoms with Gasteiger partial charge in [-0.25, -0.2) is 9.69 Å². The minimum atomic E-state index is -0.366. The standard InChI is InChI=1S/C20H29N3O3/c1-15(2)12-18-19(24)23(20(25)21-18)14-22-10-8-17(9-11-22)26-13-16-6-4-3-5-7-16/h3-7,15,17-18H,8-14H2,1-2H3,(H,21,25)/t18-/m1/s1. The third kappa shape index (κ3) is 4.83. The Balaban J connectivity index is 1.42. The maximum absolute atomic E-state index is 12.4. The molecule has 142 valence electrons. The van der Waals surface area contributed by atoms with E-state index in [1.165, 1.54) is 10.5 Å². The van der Waals surface area contributed by atoms with Crippen molar-refractivity contribution in [3.63, 3.8) is 0 Å². The summed E-state index contributed by atoms with van der Waals surface area (Å²) in [4.78, 5) is 28.1. The van der Waals surface area contributed by atoms with Gasteiger partial charge in [-0.15, -0.1) is 0 Å². The quantitative estimate of drug-likeness (QED) is 0.760. The fraction of sp³-hybridized carbons (Fsp3) is 0.600. The number of carbonyl (C=O) groups excluding carboxylic acids is 2. The van der Waals surface area contributed by atoms with Crippen molar-refractivity contribution in [3.8, 4) is 0 Å². The van der Waals surface area contributed by atoms with Crippen LogP contribution in [0.5, 0.6) is 0 Å². The highest BCUT2D eigenvalue weighted by Crippen LogP contribution is 2.19. The monoisotopic (exact) mass is 359 g/mol. The SMILES string of the molecule is CC(C)C[C@H]1NC(=O)N(CN2CCC(OCc3ccccc3)CC2)C1=O. The number of urea groups is 1. The summed E-state index contributed by atoms with van der Waals surface area (Å²) in [6.07, 6.45) is 2.78. The molecule has 0 spiro atoms. The van der Waals surface area contributed by atoms with Gasteiger partial charge in [-0.05, 0) is 30.7 Å². The van der Waals surface area contributed by atoms with E-state index in [1.54, 1.807) is 0 Å². The second-order valence-electron chi connectivity index (χ2n) is 7.65. The summed E-state index contributed by atoms with van der Waals surface area (Å²) in [6, 6.07) is 9.56. The number of rotatable bonds is 7. The summed E-state index contributed by atoms with van der Waals surface area (Å²) >= 11 is 0. The second kappa shape index (κ2) is 8.64. The lowest BCUT2D eigenvalue weighted by Gasteiger charge is -2.33. The lowest BCUT2D eigenvalue weighted by Crippen LogP contribution is -2.46. The van der Waals surface area contributed by atoms with Crippen molar-refractivity contribution < 1.29 is 14.3 Å². The fourth-order valence-corrected chi connectivity index (χ4v) is 3.55. The largest absolute Gasteiger partial charge is 0.373 e. The topological polar surface area (TPSA) is 61.9 Å². The summed E-state index contributed by atoms with van der Waals surface area (Å²) in [5, 5.41) is 2.81. The normalized spacial score (nSPS) is 22.3. The van der Waals surface area contributed by atoms with E-state index >= 15 is 0 Å². The molecule has 0 unspecified atom stereocenters. The van der Waals surface area contributed by atoms with E-state index in [-0.39, 0.29) is 24.1 Å². The summed E-state index contributed by atoms with van der Waals surface area (Å²) in [5.41, 5.74) is 1.19. The molecule has 0 saturated carbocycles. The molecule has 0 aliphatic carbocycles. The molecule has 2 aliphatic heterocycles. The maximum Gasteiger partial charge on any atom is 0.325 e. The number of nitrogens with zero attached hydrogens (tertiary/aromatic N) is 2. The number of ether oxygens (including phenoxy) is 1. The molecule has 0 aromatic heterocycles. The first kappa shape index (κ1) is 18.9. The second-order valence-corrected chi connectivity index (χ2v) is 7.65. The van der Waals surface area contributed by atoms with Gasteiger partial charge in [-0.3, -0.25) is 9.69 Å². The van der Waals surface area contributed by atoms with Crippen molar-refractivity contribution in [3.05, 3.63) is 35.9 Å². The lowest BCUT2D eigenvalue weighted by molar-refractivity contribution is -0.129. The molecule has 2 aliphatic rings. The molecular weight excluding hydrogens is 330 g/mol. The number of benzene rings is 1. The molecule has 1 aromatic rings. The van der Waals surface area contributed by atoms with Crippen LogP contribution in [0.3, 0.4) is 0 Å². The molecule has 1 N–H and O–H groups in total. The molecule has 2 saturated heterocycles. The zero-order valence-corrected chi connectivity index (χ0v) is 15.7. The first-order valence-corrected chi connectivity index (χ1v) is 9.52. The van der Waals surface area contributed by atoms with E-state index < -0.39 is 0 Å². The van der Waals surface area contributed by atoms with E-state index in [0.717, 1.165) is 25.9 Å². The van der Waals surface area contributed by atoms with Gasteiger partial charge in [0, 0.05) is 13.1 Å². The van der Waals surface area contributed by atoms with Crippen LogP contribution in [0, 0.1) is 5.92 Å². The third-order valence-electron chi connectivity index (χ3n) is 5.02. The van der Waals surface area contributed by atoms with Crippen LogP contribution in [-0.4, -0.2) is 53.6 Å². The van der Waals surface area contributed by atoms with Gasteiger partial charge in [0.2, 0.25) is 0 Å². The van der Waals surface area contributed by atoms with Gasteiger partial charge in [-0.1, -0.05) is 44.2 Å². The molecule has 1 atom stereocenters. The van der Waals surface area contributed by atoms with E-state index in [1.807, 2.05) is 18.2 Å². The van der Waals surface area contributed by atoms with E-state index in [9.17, 15) is 9.59 Å². The molecule has 0 radical (unpaired) electrons. The number of carbonyl (C=O) groups is 2. The van der Waals surface area contributed by atoms with Crippen molar-refractivity contribution in [2.75, 3.05) is 19.8 Å². The Hall–Kier alpha value is -1.92. The average Bonchev–Trinajstić information content (AvgIpc) is 2.89. The minimum Gasteiger partial charge on any atom is -0.373 e. The Labute approximate surface area is 155 Å². The highest BCUT2D eigenvalue weighted by molar-refractivity contribution is 6.04. The number of piperidine rings is 1. The van der Waals surface area contributed by atoms with Crippen LogP contribution in [0.25, 0.3) is 0 Å². The number of imide groups is 1. The Morgan fingerprint density at radius 2 is 1.85 bits per heavy atom. The van der Waals surface area contributed by atoms with E-state index in [0.29, 0.717) is 25.6 Å². The molecular formula is C20H29N3O3. The third-order valence-corrected chi connectivity index (χ3v) is 5.02. The number of hydrogen-bond donors (Lipinski definition) is 1. The van der Waals surface area contributed by atoms with Crippen molar-refractivity contribution in [2.45, 2.75) is 51.9 Å². The van der Waals surface area contributed by atoms with Gasteiger partial charge < -0.3 is 10.1 Å². The molecule has 2 fully saturated rings. The first-order chi connectivity index (χ1) is 12.5. The molecule has 3 amide bonds. The van der Waals surface area contributed by atoms with Gasteiger partial charge in [0.1, 0.15) is 6.04 Å². The van der Waals surface area contributed by atoms with Crippen molar-refractivity contribution >= 4 is 11.9 Å². The zero-order valence-electron chi connectivity index (χ0n) is 15.7. The molecule has 0 bridgehead atoms. The summed E-state index contributed by atoms with van der Waals surface area (Å²) in [6.45, 7) is 6.81. The predicted octanol–water partition coefficient (Wildman–Crippen LogP) is 2.59. The van der Waals surface area contributed by atoms with Gasteiger partial charge >= 0.3 is 6.03 Å². The van der Waals surface area contributed by atoms with Crippen LogP contribution in [0.4, 0.5) is 4.79 Å². The molecule has 2 heterocycles. The Morgan fingerprint density at radius 3 is 2.50 bits per heavy atom. The van der Waals surface area contributed by atoms with Crippen LogP contribution < -0.4 is 5.32 Å². The number of likely N-dealkylation sites (tertiary alicyclic amines) is 1. The lowest BCUT2D eigenvalue weighted by atomic mass is 10.0. The van der Waals surface area contributed by atoms with Crippen LogP contribution in [-0.2, 0) is 16.1 Å². The fourth-order valence-electron chi connectivity index (χ4n) is 3.55. The molecule has 6 heteroatoms. The van der Waals surface area contributed by atoms with E-state index in [2.05, 4.69) is 36.2 Å². The average molecular weight is 359 g/mol. The van der Waals surface area contributed by atoms with Gasteiger partial charge in [0.25, 0.3) is 5.91 Å². The van der Waals surface area contributed by atoms with Gasteiger partial charge in [-0.2, -0.15) is 0 Å². The van der Waals surface area contributed by atoms with Crippen molar-refractivity contribution in [1.29, 1.82) is 0 Å². The molecule has 1 aromatic carbocycles. The van der Waals surface area contributed by atoms with Gasteiger partial charge in [0.05, 0.1) is 19.4 Å². The Bertz CT molecular complexity index is 612. The number of amides is 3. The summed E-state index contributed by atoms with van der Waals surface area (Å²) in [5.74, 6) is 0.285.